The van der Waals surface area contributed by atoms with E-state index in [0.717, 1.165) is 56.5 Å². The Hall–Kier alpha value is -3.63. The van der Waals surface area contributed by atoms with Crippen molar-refractivity contribution in [2.75, 3.05) is 24.5 Å². The first-order chi connectivity index (χ1) is 17.6. The lowest BCUT2D eigenvalue weighted by Gasteiger charge is -2.31. The lowest BCUT2D eigenvalue weighted by molar-refractivity contribution is -0.139. The van der Waals surface area contributed by atoms with E-state index in [1.54, 1.807) is 4.90 Å². The fraction of sp³-hybridized carbons (Fsp3) is 0.462. The number of ether oxygens (including phenoxy) is 1. The molecular weight excluding hydrogens is 491 g/mol. The number of hydrogen-bond donors (Lipinski definition) is 1. The molecule has 2 aromatic rings. The highest BCUT2D eigenvalue weighted by Crippen LogP contribution is 2.38. The van der Waals surface area contributed by atoms with Crippen LogP contribution in [0.1, 0.15) is 60.9 Å². The van der Waals surface area contributed by atoms with Crippen molar-refractivity contribution in [1.29, 1.82) is 0 Å². The molecule has 2 aliphatic rings. The number of rotatable bonds is 7. The smallest absolute Gasteiger partial charge is 0.421 e. The van der Waals surface area contributed by atoms with Crippen molar-refractivity contribution in [3.8, 4) is 11.6 Å². The summed E-state index contributed by atoms with van der Waals surface area (Å²) in [4.78, 5) is 45.3. The van der Waals surface area contributed by atoms with E-state index in [-0.39, 0.29) is 41.3 Å². The van der Waals surface area contributed by atoms with E-state index in [4.69, 9.17) is 4.74 Å². The molecule has 1 saturated heterocycles. The van der Waals surface area contributed by atoms with Gasteiger partial charge in [0.1, 0.15) is 17.9 Å². The number of amides is 2. The summed E-state index contributed by atoms with van der Waals surface area (Å²) in [7, 11) is 0. The van der Waals surface area contributed by atoms with E-state index in [1.807, 2.05) is 0 Å². The van der Waals surface area contributed by atoms with Gasteiger partial charge in [-0.15, -0.1) is 0 Å². The molecule has 8 nitrogen and oxygen atoms in total. The number of aromatic carboxylic acids is 1. The van der Waals surface area contributed by atoms with E-state index in [1.165, 1.54) is 17.0 Å². The predicted octanol–water partition coefficient (Wildman–Crippen LogP) is 5.13. The van der Waals surface area contributed by atoms with Crippen molar-refractivity contribution in [3.05, 3.63) is 47.7 Å². The minimum absolute atomic E-state index is 0.0000334. The topological polar surface area (TPSA) is 100 Å². The van der Waals surface area contributed by atoms with E-state index in [0.29, 0.717) is 25.9 Å². The van der Waals surface area contributed by atoms with Crippen LogP contribution in [0.4, 0.5) is 18.9 Å². The molecule has 198 valence electrons. The third-order valence-corrected chi connectivity index (χ3v) is 6.75. The zero-order chi connectivity index (χ0) is 26.6. The maximum atomic E-state index is 13.6. The minimum atomic E-state index is -4.72. The summed E-state index contributed by atoms with van der Waals surface area (Å²) in [6.07, 6.45) is 2.18. The quantitative estimate of drug-likeness (QED) is 0.545. The Morgan fingerprint density at radius 1 is 1.05 bits per heavy atom. The van der Waals surface area contributed by atoms with E-state index >= 15 is 0 Å². The normalized spacial score (nSPS) is 16.5. The van der Waals surface area contributed by atoms with Crippen molar-refractivity contribution in [2.45, 2.75) is 51.1 Å². The van der Waals surface area contributed by atoms with Crippen LogP contribution in [0.25, 0.3) is 0 Å². The van der Waals surface area contributed by atoms with Gasteiger partial charge in [0, 0.05) is 25.2 Å². The summed E-state index contributed by atoms with van der Waals surface area (Å²) >= 11 is 0. The standard InChI is InChI=1S/C26H28F3N3O5/c27-26(28,29)20-9-6-12-30-23(20)37-18-10-11-21(19(15-18)25(35)36)32(16-22(33)31-13-4-5-14-31)24(34)17-7-2-1-3-8-17/h6,9-12,15,17H,1-5,7-8,13-14,16H2,(H,35,36). The van der Waals surface area contributed by atoms with Crippen LogP contribution < -0.4 is 9.64 Å². The number of carbonyl (C=O) groups is 3. The van der Waals surface area contributed by atoms with Gasteiger partial charge >= 0.3 is 12.1 Å². The number of halogens is 3. The van der Waals surface area contributed by atoms with Gasteiger partial charge in [0.05, 0.1) is 11.3 Å². The summed E-state index contributed by atoms with van der Waals surface area (Å²) in [6, 6.07) is 5.55. The molecule has 0 bridgehead atoms. The number of likely N-dealkylation sites (tertiary alicyclic amines) is 1. The van der Waals surface area contributed by atoms with Gasteiger partial charge in [-0.25, -0.2) is 9.78 Å². The third-order valence-electron chi connectivity index (χ3n) is 6.75. The monoisotopic (exact) mass is 519 g/mol. The molecule has 4 rings (SSSR count). The predicted molar refractivity (Wildman–Crippen MR) is 127 cm³/mol. The second-order valence-corrected chi connectivity index (χ2v) is 9.29. The van der Waals surface area contributed by atoms with Crippen LogP contribution in [0, 0.1) is 5.92 Å². The molecule has 1 aromatic heterocycles. The Morgan fingerprint density at radius 2 is 1.76 bits per heavy atom. The zero-order valence-corrected chi connectivity index (χ0v) is 20.2. The van der Waals surface area contributed by atoms with Crippen molar-refractivity contribution >= 4 is 23.5 Å². The zero-order valence-electron chi connectivity index (χ0n) is 20.2. The number of benzene rings is 1. The van der Waals surface area contributed by atoms with Crippen molar-refractivity contribution in [2.24, 2.45) is 5.92 Å². The molecule has 2 amide bonds. The molecule has 1 N–H and O–H groups in total. The van der Waals surface area contributed by atoms with Crippen LogP contribution in [0.2, 0.25) is 0 Å². The maximum absolute atomic E-state index is 13.6. The fourth-order valence-electron chi connectivity index (χ4n) is 4.84. The van der Waals surface area contributed by atoms with Crippen LogP contribution in [0.5, 0.6) is 11.6 Å². The maximum Gasteiger partial charge on any atom is 0.421 e. The Kier molecular flexibility index (Phi) is 7.99. The molecule has 0 radical (unpaired) electrons. The molecular formula is C26H28F3N3O5. The molecule has 11 heteroatoms. The molecule has 0 unspecified atom stereocenters. The van der Waals surface area contributed by atoms with Crippen LogP contribution in [-0.2, 0) is 15.8 Å². The SMILES string of the molecule is O=C(O)c1cc(Oc2ncccc2C(F)(F)F)ccc1N(CC(=O)N1CCCC1)C(=O)C1CCCCC1. The molecule has 2 heterocycles. The van der Waals surface area contributed by atoms with Crippen molar-refractivity contribution in [3.63, 3.8) is 0 Å². The number of pyridine rings is 1. The number of alkyl halides is 3. The molecule has 1 aliphatic heterocycles. The highest BCUT2D eigenvalue weighted by molar-refractivity contribution is 6.05. The van der Waals surface area contributed by atoms with Gasteiger partial charge in [0.25, 0.3) is 0 Å². The first kappa shape index (κ1) is 26.4. The minimum Gasteiger partial charge on any atom is -0.478 e. The Bertz CT molecular complexity index is 1160. The second kappa shape index (κ2) is 11.2. The molecule has 0 spiro atoms. The number of aromatic nitrogens is 1. The van der Waals surface area contributed by atoms with Gasteiger partial charge in [0.15, 0.2) is 0 Å². The van der Waals surface area contributed by atoms with Gasteiger partial charge in [-0.3, -0.25) is 9.59 Å². The average Bonchev–Trinajstić information content (AvgIpc) is 3.42. The van der Waals surface area contributed by atoms with Crippen molar-refractivity contribution < 1.29 is 37.4 Å². The van der Waals surface area contributed by atoms with Crippen LogP contribution in [0.15, 0.2) is 36.5 Å². The average molecular weight is 520 g/mol. The molecule has 0 atom stereocenters. The van der Waals surface area contributed by atoms with Gasteiger partial charge in [-0.1, -0.05) is 19.3 Å². The van der Waals surface area contributed by atoms with E-state index in [9.17, 15) is 32.7 Å². The van der Waals surface area contributed by atoms with Gasteiger partial charge in [-0.05, 0) is 56.0 Å². The number of carboxylic acid groups (broad SMARTS) is 1. The van der Waals surface area contributed by atoms with Crippen molar-refractivity contribution in [1.82, 2.24) is 9.88 Å². The number of anilines is 1. The molecule has 2 fully saturated rings. The Labute approximate surface area is 212 Å². The Morgan fingerprint density at radius 3 is 2.41 bits per heavy atom. The molecule has 1 aromatic carbocycles. The van der Waals surface area contributed by atoms with Gasteiger partial charge in [-0.2, -0.15) is 13.2 Å². The molecule has 1 saturated carbocycles. The molecule has 1 aliphatic carbocycles. The van der Waals surface area contributed by atoms with Gasteiger partial charge in [0.2, 0.25) is 17.7 Å². The van der Waals surface area contributed by atoms with Crippen LogP contribution in [-0.4, -0.2) is 52.4 Å². The first-order valence-electron chi connectivity index (χ1n) is 12.3. The summed E-state index contributed by atoms with van der Waals surface area (Å²) in [5.74, 6) is -3.26. The summed E-state index contributed by atoms with van der Waals surface area (Å²) in [5.41, 5.74) is -1.47. The second-order valence-electron chi connectivity index (χ2n) is 9.29. The lowest BCUT2D eigenvalue weighted by Crippen LogP contribution is -2.45. The fourth-order valence-corrected chi connectivity index (χ4v) is 4.84. The summed E-state index contributed by atoms with van der Waals surface area (Å²) in [6.45, 7) is 0.844. The van der Waals surface area contributed by atoms with Crippen LogP contribution in [0.3, 0.4) is 0 Å². The first-order valence-corrected chi connectivity index (χ1v) is 12.3. The highest BCUT2D eigenvalue weighted by atomic mass is 19.4. The Balaban J connectivity index is 1.68. The van der Waals surface area contributed by atoms with Crippen LogP contribution >= 0.6 is 0 Å². The highest BCUT2D eigenvalue weighted by Gasteiger charge is 2.36. The van der Waals surface area contributed by atoms with E-state index in [2.05, 4.69) is 4.98 Å². The largest absolute Gasteiger partial charge is 0.478 e. The molecule has 37 heavy (non-hydrogen) atoms. The van der Waals surface area contributed by atoms with Gasteiger partial charge < -0.3 is 19.6 Å². The summed E-state index contributed by atoms with van der Waals surface area (Å²) in [5, 5.41) is 9.94. The van der Waals surface area contributed by atoms with E-state index < -0.39 is 23.6 Å². The number of hydrogen-bond acceptors (Lipinski definition) is 5. The number of nitrogens with zero attached hydrogens (tertiary/aromatic N) is 3. The summed E-state index contributed by atoms with van der Waals surface area (Å²) < 4.78 is 45.4. The number of carboxylic acids is 1. The third kappa shape index (κ3) is 6.20. The number of carbonyl (C=O) groups excluding carboxylic acids is 2. The lowest BCUT2D eigenvalue weighted by atomic mass is 9.88.